The molecule has 1 heterocycles. The summed E-state index contributed by atoms with van der Waals surface area (Å²) in [5, 5.41) is 3.24. The van der Waals surface area contributed by atoms with Crippen LogP contribution in [0.15, 0.2) is 0 Å². The molecule has 5 heteroatoms. The van der Waals surface area contributed by atoms with Crippen molar-refractivity contribution in [2.45, 2.75) is 6.92 Å². The molecule has 0 saturated carbocycles. The number of ether oxygens (including phenoxy) is 2. The van der Waals surface area contributed by atoms with Crippen molar-refractivity contribution in [3.05, 3.63) is 0 Å². The van der Waals surface area contributed by atoms with E-state index in [2.05, 4.69) is 15.0 Å². The first-order valence-corrected chi connectivity index (χ1v) is 4.43. The fourth-order valence-electron chi connectivity index (χ4n) is 1.13. The summed E-state index contributed by atoms with van der Waals surface area (Å²) in [6.07, 6.45) is 0. The van der Waals surface area contributed by atoms with Gasteiger partial charge in [0.05, 0.1) is 0 Å². The van der Waals surface area contributed by atoms with Gasteiger partial charge in [0.2, 0.25) is 0 Å². The van der Waals surface area contributed by atoms with Crippen molar-refractivity contribution in [2.75, 3.05) is 39.7 Å². The fourth-order valence-corrected chi connectivity index (χ4v) is 1.13. The Kier molecular flexibility index (Phi) is 4.74. The SMILES string of the molecule is CC(=O)OCOCN1CCNCC1. The highest BCUT2D eigenvalue weighted by atomic mass is 16.7. The molecule has 1 rings (SSSR count). The lowest BCUT2D eigenvalue weighted by Crippen LogP contribution is -2.44. The second kappa shape index (κ2) is 5.90. The molecule has 0 aromatic rings. The number of hydrogen-bond donors (Lipinski definition) is 1. The van der Waals surface area contributed by atoms with Crippen molar-refractivity contribution in [2.24, 2.45) is 0 Å². The van der Waals surface area contributed by atoms with E-state index < -0.39 is 0 Å². The number of hydrogen-bond acceptors (Lipinski definition) is 5. The van der Waals surface area contributed by atoms with Gasteiger partial charge in [-0.05, 0) is 0 Å². The summed E-state index contributed by atoms with van der Waals surface area (Å²) in [6.45, 7) is 5.93. The van der Waals surface area contributed by atoms with Crippen molar-refractivity contribution in [3.63, 3.8) is 0 Å². The highest BCUT2D eigenvalue weighted by Gasteiger charge is 2.08. The van der Waals surface area contributed by atoms with Gasteiger partial charge in [0.25, 0.3) is 0 Å². The lowest BCUT2D eigenvalue weighted by molar-refractivity contribution is -0.157. The maximum absolute atomic E-state index is 10.4. The number of rotatable bonds is 4. The first-order chi connectivity index (χ1) is 6.29. The van der Waals surface area contributed by atoms with Crippen LogP contribution >= 0.6 is 0 Å². The van der Waals surface area contributed by atoms with Gasteiger partial charge in [-0.3, -0.25) is 9.69 Å². The van der Waals surface area contributed by atoms with Crippen LogP contribution in [-0.2, 0) is 14.3 Å². The molecule has 1 aliphatic heterocycles. The Morgan fingerprint density at radius 3 is 2.77 bits per heavy atom. The van der Waals surface area contributed by atoms with Crippen molar-refractivity contribution < 1.29 is 14.3 Å². The van der Waals surface area contributed by atoms with Crippen LogP contribution in [-0.4, -0.2) is 50.6 Å². The molecule has 0 spiro atoms. The Bertz CT molecular complexity index is 157. The minimum Gasteiger partial charge on any atom is -0.439 e. The van der Waals surface area contributed by atoms with E-state index in [0.717, 1.165) is 26.2 Å². The third-order valence-electron chi connectivity index (χ3n) is 1.83. The highest BCUT2D eigenvalue weighted by molar-refractivity contribution is 5.65. The minimum atomic E-state index is -0.305. The Balaban J connectivity index is 1.95. The van der Waals surface area contributed by atoms with Gasteiger partial charge in [0.1, 0.15) is 6.73 Å². The summed E-state index contributed by atoms with van der Waals surface area (Å²) in [7, 11) is 0. The average molecular weight is 188 g/mol. The van der Waals surface area contributed by atoms with Crippen LogP contribution in [0.1, 0.15) is 6.92 Å². The maximum Gasteiger partial charge on any atom is 0.304 e. The van der Waals surface area contributed by atoms with E-state index in [1.165, 1.54) is 6.92 Å². The Hall–Kier alpha value is -0.650. The fraction of sp³-hybridized carbons (Fsp3) is 0.875. The molecule has 0 atom stereocenters. The van der Waals surface area contributed by atoms with Gasteiger partial charge in [-0.15, -0.1) is 0 Å². The molecule has 5 nitrogen and oxygen atoms in total. The van der Waals surface area contributed by atoms with Crippen LogP contribution in [0.4, 0.5) is 0 Å². The van der Waals surface area contributed by atoms with Gasteiger partial charge >= 0.3 is 5.97 Å². The van der Waals surface area contributed by atoms with Crippen LogP contribution in [0.25, 0.3) is 0 Å². The third-order valence-corrected chi connectivity index (χ3v) is 1.83. The smallest absolute Gasteiger partial charge is 0.304 e. The van der Waals surface area contributed by atoms with Gasteiger partial charge in [0.15, 0.2) is 6.79 Å². The zero-order valence-electron chi connectivity index (χ0n) is 7.91. The van der Waals surface area contributed by atoms with Crippen LogP contribution in [0.5, 0.6) is 0 Å². The molecule has 76 valence electrons. The van der Waals surface area contributed by atoms with E-state index in [1.807, 2.05) is 0 Å². The summed E-state index contributed by atoms with van der Waals surface area (Å²) in [5.74, 6) is -0.305. The molecule has 0 aromatic carbocycles. The summed E-state index contributed by atoms with van der Waals surface area (Å²) in [6, 6.07) is 0. The predicted octanol–water partition coefficient (Wildman–Crippen LogP) is -0.614. The van der Waals surface area contributed by atoms with E-state index in [0.29, 0.717) is 6.73 Å². The minimum absolute atomic E-state index is 0.0548. The van der Waals surface area contributed by atoms with Crippen LogP contribution in [0.2, 0.25) is 0 Å². The van der Waals surface area contributed by atoms with Gasteiger partial charge < -0.3 is 14.8 Å². The molecule has 1 N–H and O–H groups in total. The predicted molar refractivity (Wildman–Crippen MR) is 47.0 cm³/mol. The van der Waals surface area contributed by atoms with E-state index in [1.54, 1.807) is 0 Å². The molecule has 1 aliphatic rings. The molecule has 13 heavy (non-hydrogen) atoms. The van der Waals surface area contributed by atoms with Crippen LogP contribution < -0.4 is 5.32 Å². The van der Waals surface area contributed by atoms with Crippen LogP contribution in [0, 0.1) is 0 Å². The third kappa shape index (κ3) is 4.82. The van der Waals surface area contributed by atoms with E-state index in [-0.39, 0.29) is 12.8 Å². The lowest BCUT2D eigenvalue weighted by atomic mass is 10.4. The monoisotopic (exact) mass is 188 g/mol. The number of piperazine rings is 1. The van der Waals surface area contributed by atoms with Crippen molar-refractivity contribution >= 4 is 5.97 Å². The molecule has 0 radical (unpaired) electrons. The summed E-state index contributed by atoms with van der Waals surface area (Å²) in [4.78, 5) is 12.5. The molecule has 0 bridgehead atoms. The first kappa shape index (κ1) is 10.4. The van der Waals surface area contributed by atoms with Crippen LogP contribution in [0.3, 0.4) is 0 Å². The molecular formula is C8H16N2O3. The number of nitrogens with zero attached hydrogens (tertiary/aromatic N) is 1. The number of nitrogens with one attached hydrogen (secondary N) is 1. The number of carbonyl (C=O) groups excluding carboxylic acids is 1. The molecule has 0 amide bonds. The summed E-state index contributed by atoms with van der Waals surface area (Å²) in [5.41, 5.74) is 0. The standard InChI is InChI=1S/C8H16N2O3/c1-8(11)13-7-12-6-10-4-2-9-3-5-10/h9H,2-7H2,1H3. The second-order valence-electron chi connectivity index (χ2n) is 2.96. The normalized spacial score (nSPS) is 18.5. The number of carbonyl (C=O) groups is 1. The largest absolute Gasteiger partial charge is 0.439 e. The highest BCUT2D eigenvalue weighted by Crippen LogP contribution is 1.92. The van der Waals surface area contributed by atoms with Gasteiger partial charge in [-0.1, -0.05) is 0 Å². The van der Waals surface area contributed by atoms with Gasteiger partial charge in [0, 0.05) is 33.1 Å². The molecule has 0 aliphatic carbocycles. The summed E-state index contributed by atoms with van der Waals surface area (Å²) >= 11 is 0. The first-order valence-electron chi connectivity index (χ1n) is 4.43. The Morgan fingerprint density at radius 2 is 2.15 bits per heavy atom. The van der Waals surface area contributed by atoms with Gasteiger partial charge in [-0.25, -0.2) is 0 Å². The quantitative estimate of drug-likeness (QED) is 0.362. The summed E-state index contributed by atoms with van der Waals surface area (Å²) < 4.78 is 9.77. The van der Waals surface area contributed by atoms with E-state index >= 15 is 0 Å². The second-order valence-corrected chi connectivity index (χ2v) is 2.96. The topological polar surface area (TPSA) is 50.8 Å². The molecule has 0 aromatic heterocycles. The van der Waals surface area contributed by atoms with E-state index in [4.69, 9.17) is 4.74 Å². The van der Waals surface area contributed by atoms with E-state index in [9.17, 15) is 4.79 Å². The maximum atomic E-state index is 10.4. The Labute approximate surface area is 78.0 Å². The van der Waals surface area contributed by atoms with Crippen molar-refractivity contribution in [1.82, 2.24) is 10.2 Å². The lowest BCUT2D eigenvalue weighted by Gasteiger charge is -2.26. The zero-order chi connectivity index (χ0) is 9.52. The molecular weight excluding hydrogens is 172 g/mol. The van der Waals surface area contributed by atoms with Crippen molar-refractivity contribution in [1.29, 1.82) is 0 Å². The zero-order valence-corrected chi connectivity index (χ0v) is 7.91. The van der Waals surface area contributed by atoms with Gasteiger partial charge in [-0.2, -0.15) is 0 Å². The molecule has 1 fully saturated rings. The molecule has 0 unspecified atom stereocenters. The average Bonchev–Trinajstić information content (AvgIpc) is 2.14. The number of esters is 1. The Morgan fingerprint density at radius 1 is 1.46 bits per heavy atom. The van der Waals surface area contributed by atoms with Crippen molar-refractivity contribution in [3.8, 4) is 0 Å². The molecule has 1 saturated heterocycles.